The monoisotopic (exact) mass is 167 g/mol. The molecule has 2 unspecified atom stereocenters. The zero-order chi connectivity index (χ0) is 8.97. The van der Waals surface area contributed by atoms with E-state index in [-0.39, 0.29) is 5.92 Å². The molecule has 0 aromatic carbocycles. The van der Waals surface area contributed by atoms with Gasteiger partial charge in [-0.3, -0.25) is 4.79 Å². The SMILES string of the molecule is C=CCCC(=O)C1CNCC1C. The number of ketones is 1. The molecule has 0 amide bonds. The van der Waals surface area contributed by atoms with E-state index in [2.05, 4.69) is 18.8 Å². The molecule has 1 aliphatic heterocycles. The van der Waals surface area contributed by atoms with Crippen molar-refractivity contribution in [3.05, 3.63) is 12.7 Å². The molecule has 0 radical (unpaired) electrons. The molecule has 2 atom stereocenters. The van der Waals surface area contributed by atoms with E-state index in [0.717, 1.165) is 19.5 Å². The van der Waals surface area contributed by atoms with Crippen molar-refractivity contribution in [3.8, 4) is 0 Å². The first-order valence-electron chi connectivity index (χ1n) is 4.60. The summed E-state index contributed by atoms with van der Waals surface area (Å²) in [5, 5.41) is 3.23. The van der Waals surface area contributed by atoms with Crippen molar-refractivity contribution in [3.63, 3.8) is 0 Å². The van der Waals surface area contributed by atoms with Gasteiger partial charge in [0, 0.05) is 18.9 Å². The fraction of sp³-hybridized carbons (Fsp3) is 0.700. The van der Waals surface area contributed by atoms with Crippen LogP contribution in [0, 0.1) is 11.8 Å². The molecule has 1 aliphatic rings. The standard InChI is InChI=1S/C10H17NO/c1-3-4-5-10(12)9-7-11-6-8(9)2/h3,8-9,11H,1,4-7H2,2H3. The van der Waals surface area contributed by atoms with E-state index in [1.54, 1.807) is 0 Å². The van der Waals surface area contributed by atoms with Crippen LogP contribution in [0.15, 0.2) is 12.7 Å². The van der Waals surface area contributed by atoms with Crippen LogP contribution < -0.4 is 5.32 Å². The third-order valence-electron chi connectivity index (χ3n) is 2.53. The molecule has 0 bridgehead atoms. The smallest absolute Gasteiger partial charge is 0.137 e. The first kappa shape index (κ1) is 9.46. The number of Topliss-reactive ketones (excluding diaryl/α,β-unsaturated/α-hetero) is 1. The van der Waals surface area contributed by atoms with Gasteiger partial charge < -0.3 is 5.32 Å². The first-order chi connectivity index (χ1) is 5.75. The van der Waals surface area contributed by atoms with Gasteiger partial charge in [0.25, 0.3) is 0 Å². The van der Waals surface area contributed by atoms with E-state index in [0.29, 0.717) is 18.1 Å². The number of rotatable bonds is 4. The molecular weight excluding hydrogens is 150 g/mol. The number of carbonyl (C=O) groups excluding carboxylic acids is 1. The van der Waals surface area contributed by atoms with Crippen molar-refractivity contribution in [1.29, 1.82) is 0 Å². The molecule has 1 saturated heterocycles. The fourth-order valence-electron chi connectivity index (χ4n) is 1.67. The summed E-state index contributed by atoms with van der Waals surface area (Å²) >= 11 is 0. The number of hydrogen-bond donors (Lipinski definition) is 1. The lowest BCUT2D eigenvalue weighted by atomic mass is 9.91. The zero-order valence-electron chi connectivity index (χ0n) is 7.68. The molecule has 12 heavy (non-hydrogen) atoms. The Bertz CT molecular complexity index is 177. The number of nitrogens with one attached hydrogen (secondary N) is 1. The molecule has 1 N–H and O–H groups in total. The lowest BCUT2D eigenvalue weighted by Gasteiger charge is -2.11. The Balaban J connectivity index is 2.35. The van der Waals surface area contributed by atoms with Crippen molar-refractivity contribution in [2.75, 3.05) is 13.1 Å². The highest BCUT2D eigenvalue weighted by Gasteiger charge is 2.28. The number of carbonyl (C=O) groups is 1. The van der Waals surface area contributed by atoms with E-state index in [4.69, 9.17) is 0 Å². The second kappa shape index (κ2) is 4.41. The van der Waals surface area contributed by atoms with E-state index in [9.17, 15) is 4.79 Å². The maximum absolute atomic E-state index is 11.5. The van der Waals surface area contributed by atoms with Gasteiger partial charge in [0.15, 0.2) is 0 Å². The molecule has 1 heterocycles. The predicted octanol–water partition coefficient (Wildman–Crippen LogP) is 1.38. The van der Waals surface area contributed by atoms with Gasteiger partial charge in [0.05, 0.1) is 0 Å². The van der Waals surface area contributed by atoms with Crippen LogP contribution in [-0.4, -0.2) is 18.9 Å². The van der Waals surface area contributed by atoms with E-state index < -0.39 is 0 Å². The minimum Gasteiger partial charge on any atom is -0.316 e. The molecule has 0 aliphatic carbocycles. The maximum atomic E-state index is 11.5. The normalized spacial score (nSPS) is 28.8. The Morgan fingerprint density at radius 3 is 2.92 bits per heavy atom. The number of allylic oxidation sites excluding steroid dienone is 1. The third-order valence-corrected chi connectivity index (χ3v) is 2.53. The second-order valence-corrected chi connectivity index (χ2v) is 3.54. The van der Waals surface area contributed by atoms with Gasteiger partial charge in [-0.25, -0.2) is 0 Å². The maximum Gasteiger partial charge on any atom is 0.137 e. The Hall–Kier alpha value is -0.630. The molecule has 0 spiro atoms. The molecule has 2 nitrogen and oxygen atoms in total. The van der Waals surface area contributed by atoms with E-state index in [1.165, 1.54) is 0 Å². The van der Waals surface area contributed by atoms with Crippen LogP contribution in [-0.2, 0) is 4.79 Å². The molecule has 1 fully saturated rings. The van der Waals surface area contributed by atoms with Crippen molar-refractivity contribution in [2.45, 2.75) is 19.8 Å². The minimum atomic E-state index is 0.255. The molecule has 0 saturated carbocycles. The van der Waals surface area contributed by atoms with Crippen LogP contribution in [0.4, 0.5) is 0 Å². The molecule has 0 aromatic heterocycles. The van der Waals surface area contributed by atoms with Crippen molar-refractivity contribution < 1.29 is 4.79 Å². The summed E-state index contributed by atoms with van der Waals surface area (Å²) in [6.45, 7) is 7.61. The zero-order valence-corrected chi connectivity index (χ0v) is 7.68. The highest BCUT2D eigenvalue weighted by atomic mass is 16.1. The van der Waals surface area contributed by atoms with E-state index >= 15 is 0 Å². The van der Waals surface area contributed by atoms with Gasteiger partial charge in [-0.1, -0.05) is 13.0 Å². The molecule has 0 aromatic rings. The lowest BCUT2D eigenvalue weighted by Crippen LogP contribution is -2.20. The molecule has 2 heteroatoms. The number of hydrogen-bond acceptors (Lipinski definition) is 2. The fourth-order valence-corrected chi connectivity index (χ4v) is 1.67. The first-order valence-corrected chi connectivity index (χ1v) is 4.60. The summed E-state index contributed by atoms with van der Waals surface area (Å²) < 4.78 is 0. The van der Waals surface area contributed by atoms with Gasteiger partial charge in [-0.15, -0.1) is 6.58 Å². The van der Waals surface area contributed by atoms with Crippen molar-refractivity contribution in [1.82, 2.24) is 5.32 Å². The second-order valence-electron chi connectivity index (χ2n) is 3.54. The van der Waals surface area contributed by atoms with Crippen molar-refractivity contribution >= 4 is 5.78 Å². The third kappa shape index (κ3) is 2.18. The summed E-state index contributed by atoms with van der Waals surface area (Å²) in [4.78, 5) is 11.5. The average Bonchev–Trinajstić information content (AvgIpc) is 2.47. The Kier molecular flexibility index (Phi) is 3.48. The van der Waals surface area contributed by atoms with Crippen LogP contribution >= 0.6 is 0 Å². The van der Waals surface area contributed by atoms with Gasteiger partial charge >= 0.3 is 0 Å². The average molecular weight is 167 g/mol. The Morgan fingerprint density at radius 1 is 1.67 bits per heavy atom. The highest BCUT2D eigenvalue weighted by Crippen LogP contribution is 2.18. The summed E-state index contributed by atoms with van der Waals surface area (Å²) in [6.07, 6.45) is 3.30. The summed E-state index contributed by atoms with van der Waals surface area (Å²) in [7, 11) is 0. The summed E-state index contributed by atoms with van der Waals surface area (Å²) in [5.41, 5.74) is 0. The highest BCUT2D eigenvalue weighted by molar-refractivity contribution is 5.81. The Labute approximate surface area is 74.0 Å². The van der Waals surface area contributed by atoms with Crippen molar-refractivity contribution in [2.24, 2.45) is 11.8 Å². The topological polar surface area (TPSA) is 29.1 Å². The summed E-state index contributed by atoms with van der Waals surface area (Å²) in [6, 6.07) is 0. The minimum absolute atomic E-state index is 0.255. The Morgan fingerprint density at radius 2 is 2.42 bits per heavy atom. The van der Waals surface area contributed by atoms with Gasteiger partial charge in [0.2, 0.25) is 0 Å². The van der Waals surface area contributed by atoms with Gasteiger partial charge in [-0.2, -0.15) is 0 Å². The van der Waals surface area contributed by atoms with Gasteiger partial charge in [-0.05, 0) is 18.9 Å². The predicted molar refractivity (Wildman–Crippen MR) is 50.0 cm³/mol. The van der Waals surface area contributed by atoms with E-state index in [1.807, 2.05) is 6.08 Å². The largest absolute Gasteiger partial charge is 0.316 e. The molecular formula is C10H17NO. The van der Waals surface area contributed by atoms with Crippen LogP contribution in [0.25, 0.3) is 0 Å². The molecule has 68 valence electrons. The molecule has 1 rings (SSSR count). The van der Waals surface area contributed by atoms with Crippen LogP contribution in [0.2, 0.25) is 0 Å². The van der Waals surface area contributed by atoms with Crippen LogP contribution in [0.1, 0.15) is 19.8 Å². The van der Waals surface area contributed by atoms with Crippen LogP contribution in [0.3, 0.4) is 0 Å². The van der Waals surface area contributed by atoms with Gasteiger partial charge in [0.1, 0.15) is 5.78 Å². The lowest BCUT2D eigenvalue weighted by molar-refractivity contribution is -0.123. The quantitative estimate of drug-likeness (QED) is 0.641. The summed E-state index contributed by atoms with van der Waals surface area (Å²) in [5.74, 6) is 1.17. The van der Waals surface area contributed by atoms with Crippen LogP contribution in [0.5, 0.6) is 0 Å².